The van der Waals surface area contributed by atoms with Crippen molar-refractivity contribution in [1.29, 1.82) is 0 Å². The van der Waals surface area contributed by atoms with E-state index < -0.39 is 0 Å². The maximum Gasteiger partial charge on any atom is 0.234 e. The molecule has 0 saturated carbocycles. The third-order valence-corrected chi connectivity index (χ3v) is 5.93. The minimum atomic E-state index is -0.0914. The minimum absolute atomic E-state index is 0.0914. The number of para-hydroxylation sites is 1. The summed E-state index contributed by atoms with van der Waals surface area (Å²) < 4.78 is 1.96. The van der Waals surface area contributed by atoms with Crippen molar-refractivity contribution < 1.29 is 4.79 Å². The predicted molar refractivity (Wildman–Crippen MR) is 122 cm³/mol. The van der Waals surface area contributed by atoms with E-state index in [4.69, 9.17) is 0 Å². The average molecular weight is 434 g/mol. The van der Waals surface area contributed by atoms with Crippen LogP contribution in [0.5, 0.6) is 0 Å². The zero-order valence-electron chi connectivity index (χ0n) is 16.2. The number of nitrogens with zero attached hydrogens (tertiary/aromatic N) is 4. The Kier molecular flexibility index (Phi) is 6.46. The molecule has 0 unspecified atom stereocenters. The molecule has 1 N–H and O–H groups in total. The van der Waals surface area contributed by atoms with Gasteiger partial charge in [0.1, 0.15) is 0 Å². The van der Waals surface area contributed by atoms with E-state index in [-0.39, 0.29) is 11.7 Å². The summed E-state index contributed by atoms with van der Waals surface area (Å²) in [7, 11) is 0. The molecule has 150 valence electrons. The molecule has 0 aliphatic rings. The number of thioether (sulfide) groups is 2. The Morgan fingerprint density at radius 1 is 1.00 bits per heavy atom. The van der Waals surface area contributed by atoms with Crippen molar-refractivity contribution in [3.05, 3.63) is 79.1 Å². The van der Waals surface area contributed by atoms with Crippen LogP contribution in [-0.4, -0.2) is 37.7 Å². The largest absolute Gasteiger partial charge is 0.325 e. The summed E-state index contributed by atoms with van der Waals surface area (Å²) in [6, 6.07) is 21.4. The van der Waals surface area contributed by atoms with Crippen LogP contribution < -0.4 is 5.32 Å². The number of carbonyl (C=O) groups excluding carboxylic acids is 1. The molecule has 8 heteroatoms. The number of benzene rings is 2. The Labute approximate surface area is 183 Å². The molecule has 0 aliphatic carbocycles. The fraction of sp³-hybridized carbons (Fsp3) is 0.0909. The minimum Gasteiger partial charge on any atom is -0.325 e. The number of aromatic nitrogens is 4. The quantitative estimate of drug-likeness (QED) is 0.423. The van der Waals surface area contributed by atoms with Crippen LogP contribution in [0.2, 0.25) is 0 Å². The highest BCUT2D eigenvalue weighted by Crippen LogP contribution is 2.28. The van der Waals surface area contributed by atoms with Gasteiger partial charge in [0.25, 0.3) is 0 Å². The molecule has 2 heterocycles. The van der Waals surface area contributed by atoms with Crippen LogP contribution in [0.3, 0.4) is 0 Å². The highest BCUT2D eigenvalue weighted by molar-refractivity contribution is 7.99. The Hall–Kier alpha value is -3.10. The maximum absolute atomic E-state index is 12.5. The van der Waals surface area contributed by atoms with Gasteiger partial charge in [0.2, 0.25) is 5.91 Å². The molecule has 0 bridgehead atoms. The normalized spacial score (nSPS) is 10.7. The van der Waals surface area contributed by atoms with Crippen LogP contribution >= 0.6 is 23.5 Å². The Morgan fingerprint density at radius 2 is 1.80 bits per heavy atom. The first-order valence-electron chi connectivity index (χ1n) is 9.22. The van der Waals surface area contributed by atoms with Crippen LogP contribution in [0.15, 0.2) is 89.2 Å². The van der Waals surface area contributed by atoms with Crippen molar-refractivity contribution in [1.82, 2.24) is 19.7 Å². The lowest BCUT2D eigenvalue weighted by atomic mass is 10.2. The molecule has 6 nitrogen and oxygen atoms in total. The lowest BCUT2D eigenvalue weighted by molar-refractivity contribution is -0.113. The summed E-state index contributed by atoms with van der Waals surface area (Å²) in [6.07, 6.45) is 5.46. The van der Waals surface area contributed by atoms with Crippen LogP contribution in [0.4, 0.5) is 5.69 Å². The van der Waals surface area contributed by atoms with Gasteiger partial charge in [0.05, 0.1) is 5.75 Å². The van der Waals surface area contributed by atoms with Crippen molar-refractivity contribution in [2.75, 3.05) is 17.3 Å². The lowest BCUT2D eigenvalue weighted by Gasteiger charge is -2.10. The molecule has 0 spiro atoms. The molecule has 0 fully saturated rings. The van der Waals surface area contributed by atoms with Gasteiger partial charge >= 0.3 is 0 Å². The van der Waals surface area contributed by atoms with E-state index in [2.05, 4.69) is 20.5 Å². The van der Waals surface area contributed by atoms with Crippen molar-refractivity contribution in [3.8, 4) is 17.1 Å². The molecule has 4 aromatic rings. The van der Waals surface area contributed by atoms with E-state index in [1.165, 1.54) is 11.8 Å². The molecule has 30 heavy (non-hydrogen) atoms. The first kappa shape index (κ1) is 20.2. The number of amides is 1. The molecule has 0 aliphatic heterocycles. The molecular formula is C22H19N5OS2. The van der Waals surface area contributed by atoms with E-state index in [9.17, 15) is 4.79 Å². The van der Waals surface area contributed by atoms with E-state index >= 15 is 0 Å². The molecular weight excluding hydrogens is 414 g/mol. The van der Waals surface area contributed by atoms with Crippen molar-refractivity contribution in [3.63, 3.8) is 0 Å². The summed E-state index contributed by atoms with van der Waals surface area (Å²) >= 11 is 2.99. The fourth-order valence-electron chi connectivity index (χ4n) is 2.89. The van der Waals surface area contributed by atoms with Gasteiger partial charge in [-0.1, -0.05) is 36.0 Å². The van der Waals surface area contributed by atoms with Gasteiger partial charge in [-0.05, 0) is 48.7 Å². The number of anilines is 1. The number of hydrogen-bond acceptors (Lipinski definition) is 6. The molecule has 0 atom stereocenters. The predicted octanol–water partition coefficient (Wildman–Crippen LogP) is 4.78. The van der Waals surface area contributed by atoms with Gasteiger partial charge in [-0.2, -0.15) is 0 Å². The van der Waals surface area contributed by atoms with E-state index in [1.54, 1.807) is 24.2 Å². The third kappa shape index (κ3) is 4.72. The Balaban J connectivity index is 1.55. The van der Waals surface area contributed by atoms with E-state index in [0.29, 0.717) is 11.0 Å². The fourth-order valence-corrected chi connectivity index (χ4v) is 4.10. The number of rotatable bonds is 7. The monoisotopic (exact) mass is 433 g/mol. The average Bonchev–Trinajstić information content (AvgIpc) is 3.23. The van der Waals surface area contributed by atoms with Crippen LogP contribution in [0, 0.1) is 0 Å². The molecule has 2 aromatic carbocycles. The highest BCUT2D eigenvalue weighted by atomic mass is 32.2. The first-order chi connectivity index (χ1) is 14.7. The van der Waals surface area contributed by atoms with Gasteiger partial charge in [0, 0.05) is 34.2 Å². The second-order valence-corrected chi connectivity index (χ2v) is 8.10. The standard InChI is InChI=1S/C22H19N5OS2/c1-29-19-9-5-6-17(14-19)24-20(28)15-30-22-26-25-21(16-10-12-23-13-11-16)27(22)18-7-3-2-4-8-18/h2-14H,15H2,1H3,(H,24,28). The Bertz CT molecular complexity index is 1130. The molecule has 2 aromatic heterocycles. The Morgan fingerprint density at radius 3 is 2.57 bits per heavy atom. The van der Waals surface area contributed by atoms with Crippen molar-refractivity contribution in [2.45, 2.75) is 10.1 Å². The lowest BCUT2D eigenvalue weighted by Crippen LogP contribution is -2.14. The number of hydrogen-bond donors (Lipinski definition) is 1. The van der Waals surface area contributed by atoms with Gasteiger partial charge in [-0.15, -0.1) is 22.0 Å². The summed E-state index contributed by atoms with van der Waals surface area (Å²) in [5, 5.41) is 12.3. The van der Waals surface area contributed by atoms with Crippen molar-refractivity contribution >= 4 is 35.1 Å². The molecule has 1 amide bonds. The van der Waals surface area contributed by atoms with Gasteiger partial charge in [-0.25, -0.2) is 0 Å². The van der Waals surface area contributed by atoms with Crippen LogP contribution in [-0.2, 0) is 4.79 Å². The first-order valence-corrected chi connectivity index (χ1v) is 11.4. The van der Waals surface area contributed by atoms with Crippen molar-refractivity contribution in [2.24, 2.45) is 0 Å². The number of pyridine rings is 1. The second-order valence-electron chi connectivity index (χ2n) is 6.28. The summed E-state index contributed by atoms with van der Waals surface area (Å²) in [5.41, 5.74) is 2.63. The van der Waals surface area contributed by atoms with E-state index in [0.717, 1.165) is 21.8 Å². The van der Waals surface area contributed by atoms with Crippen LogP contribution in [0.25, 0.3) is 17.1 Å². The summed E-state index contributed by atoms with van der Waals surface area (Å²) in [4.78, 5) is 17.7. The highest BCUT2D eigenvalue weighted by Gasteiger charge is 2.17. The SMILES string of the molecule is CSc1cccc(NC(=O)CSc2nnc(-c3ccncc3)n2-c2ccccc2)c1. The molecule has 0 radical (unpaired) electrons. The van der Waals surface area contributed by atoms with Gasteiger partial charge in [0.15, 0.2) is 11.0 Å². The zero-order chi connectivity index (χ0) is 20.8. The van der Waals surface area contributed by atoms with Gasteiger partial charge in [-0.3, -0.25) is 14.3 Å². The summed E-state index contributed by atoms with van der Waals surface area (Å²) in [6.45, 7) is 0. The summed E-state index contributed by atoms with van der Waals surface area (Å²) in [5.74, 6) is 0.843. The second kappa shape index (κ2) is 9.60. The molecule has 0 saturated heterocycles. The third-order valence-electron chi connectivity index (χ3n) is 4.27. The van der Waals surface area contributed by atoms with Gasteiger partial charge < -0.3 is 5.32 Å². The number of carbonyl (C=O) groups is 1. The zero-order valence-corrected chi connectivity index (χ0v) is 17.9. The number of nitrogens with one attached hydrogen (secondary N) is 1. The molecule has 4 rings (SSSR count). The smallest absolute Gasteiger partial charge is 0.234 e. The maximum atomic E-state index is 12.5. The van der Waals surface area contributed by atoms with E-state index in [1.807, 2.05) is 77.6 Å². The topological polar surface area (TPSA) is 72.7 Å². The van der Waals surface area contributed by atoms with Crippen LogP contribution in [0.1, 0.15) is 0 Å².